The highest BCUT2D eigenvalue weighted by Crippen LogP contribution is 2.42. The van der Waals surface area contributed by atoms with Gasteiger partial charge in [0.05, 0.1) is 12.1 Å². The van der Waals surface area contributed by atoms with Gasteiger partial charge in [-0.25, -0.2) is 11.1 Å². The number of allylic oxidation sites excluding steroid dienone is 2. The molecule has 2 N–H and O–H groups in total. The second-order valence-electron chi connectivity index (χ2n) is 12.2. The quantitative estimate of drug-likeness (QED) is 0.294. The summed E-state index contributed by atoms with van der Waals surface area (Å²) in [5.74, 6) is 0.253. The zero-order valence-electron chi connectivity index (χ0n) is 26.4. The van der Waals surface area contributed by atoms with Crippen LogP contribution in [0, 0.1) is 52.6 Å². The minimum absolute atomic E-state index is 0. The van der Waals surface area contributed by atoms with Crippen LogP contribution in [0.1, 0.15) is 123 Å². The molecular formula is C38H56N4O2. The fourth-order valence-corrected chi connectivity index (χ4v) is 7.38. The average Bonchev–Trinajstić information content (AvgIpc) is 2.95. The molecule has 2 atom stereocenters. The van der Waals surface area contributed by atoms with Gasteiger partial charge < -0.3 is 0 Å². The van der Waals surface area contributed by atoms with E-state index in [9.17, 15) is 9.59 Å². The van der Waals surface area contributed by atoms with Crippen LogP contribution >= 0.6 is 0 Å². The van der Waals surface area contributed by atoms with Crippen LogP contribution < -0.4 is 0 Å². The average molecular weight is 601 g/mol. The Morgan fingerprint density at radius 3 is 1.18 bits per heavy atom. The summed E-state index contributed by atoms with van der Waals surface area (Å²) in [4.78, 5) is 26.0. The first-order valence-corrected chi connectivity index (χ1v) is 14.7. The molecule has 4 rings (SSSR count). The molecule has 44 heavy (non-hydrogen) atoms. The van der Waals surface area contributed by atoms with Crippen LogP contribution in [0.4, 0.5) is 0 Å². The molecule has 0 saturated carbocycles. The van der Waals surface area contributed by atoms with Gasteiger partial charge in [0.2, 0.25) is 0 Å². The smallest absolute Gasteiger partial charge is 0.163 e. The Balaban J connectivity index is 0.00000323. The minimum atomic E-state index is -0.344. The number of hydrogen-bond donors (Lipinski definition) is 2. The summed E-state index contributed by atoms with van der Waals surface area (Å²) < 4.78 is 0. The number of carbonyl (C=O) groups is 2. The van der Waals surface area contributed by atoms with Crippen LogP contribution in [0.25, 0.3) is 11.1 Å². The predicted molar refractivity (Wildman–Crippen MR) is 185 cm³/mol. The van der Waals surface area contributed by atoms with Crippen molar-refractivity contribution in [2.24, 2.45) is 10.2 Å². The van der Waals surface area contributed by atoms with E-state index in [4.69, 9.17) is 11.1 Å². The molecule has 0 fully saturated rings. The molecular weight excluding hydrogens is 544 g/mol. The maximum atomic E-state index is 13.0. The van der Waals surface area contributed by atoms with E-state index in [2.05, 4.69) is 51.8 Å². The van der Waals surface area contributed by atoms with E-state index in [-0.39, 0.29) is 45.9 Å². The number of hydrogen-bond acceptors (Lipinski definition) is 6. The lowest BCUT2D eigenvalue weighted by molar-refractivity contribution is -0.115. The van der Waals surface area contributed by atoms with Crippen molar-refractivity contribution in [3.63, 3.8) is 0 Å². The third-order valence-corrected chi connectivity index (χ3v) is 10.1. The van der Waals surface area contributed by atoms with Gasteiger partial charge in [-0.1, -0.05) is 22.3 Å². The number of Topliss-reactive ketones (excluding diaryl/α,β-unsaturated/α-hetero) is 2. The largest absolute Gasteiger partial charge is 0.294 e. The standard InChI is InChI=1S/C35H44N4O2.3CH4/c1-16-18(3)34-28(14-30(40)22(7)32(34)24(9)38-36)20(5)26(16)12-11-13-27-17(2)19(4)35-29(21(27)6)15-31(41)23(8)33(35)25(10)39-37;;;/h24-25,36-37H,11-15H2,1-10H3;3*1H4. The first kappa shape index (κ1) is 38.5. The van der Waals surface area contributed by atoms with Crippen LogP contribution in [-0.4, -0.2) is 23.7 Å². The van der Waals surface area contributed by atoms with E-state index in [1.165, 1.54) is 44.5 Å². The zero-order chi connectivity index (χ0) is 30.5. The molecule has 0 aliphatic heterocycles. The molecule has 0 spiro atoms. The Morgan fingerprint density at radius 1 is 0.568 bits per heavy atom. The van der Waals surface area contributed by atoms with Gasteiger partial charge >= 0.3 is 0 Å². The van der Waals surface area contributed by atoms with E-state index in [1.807, 2.05) is 27.7 Å². The Morgan fingerprint density at radius 2 is 0.886 bits per heavy atom. The van der Waals surface area contributed by atoms with Crippen LogP contribution in [0.2, 0.25) is 0 Å². The molecule has 2 aromatic rings. The topological polar surface area (TPSA) is 107 Å². The van der Waals surface area contributed by atoms with E-state index in [0.29, 0.717) is 12.8 Å². The summed E-state index contributed by atoms with van der Waals surface area (Å²) in [6, 6.07) is -0.688. The number of carbonyl (C=O) groups excluding carboxylic acids is 2. The van der Waals surface area contributed by atoms with Crippen LogP contribution in [-0.2, 0) is 35.3 Å². The van der Waals surface area contributed by atoms with Crippen LogP contribution in [0.3, 0.4) is 0 Å². The first-order chi connectivity index (χ1) is 19.3. The third kappa shape index (κ3) is 6.05. The van der Waals surface area contributed by atoms with Crippen molar-refractivity contribution in [2.45, 2.75) is 136 Å². The fraction of sp³-hybridized carbons (Fsp3) is 0.526. The predicted octanol–water partition coefficient (Wildman–Crippen LogP) is 10.3. The van der Waals surface area contributed by atoms with Crippen molar-refractivity contribution >= 4 is 22.7 Å². The molecule has 6 nitrogen and oxygen atoms in total. The highest BCUT2D eigenvalue weighted by Gasteiger charge is 2.32. The number of fused-ring (bicyclic) bond motifs is 2. The van der Waals surface area contributed by atoms with Gasteiger partial charge in [0.1, 0.15) is 0 Å². The third-order valence-electron chi connectivity index (χ3n) is 10.1. The van der Waals surface area contributed by atoms with Gasteiger partial charge in [-0.05, 0) is 178 Å². The summed E-state index contributed by atoms with van der Waals surface area (Å²) >= 11 is 0. The van der Waals surface area contributed by atoms with Gasteiger partial charge in [-0.15, -0.1) is 0 Å². The highest BCUT2D eigenvalue weighted by molar-refractivity contribution is 6.09. The Hall–Kier alpha value is -3.54. The number of ketones is 2. The monoisotopic (exact) mass is 600 g/mol. The first-order valence-electron chi connectivity index (χ1n) is 14.7. The number of nitrogens with zero attached hydrogens (tertiary/aromatic N) is 2. The molecule has 0 bridgehead atoms. The van der Waals surface area contributed by atoms with E-state index in [0.717, 1.165) is 63.8 Å². The fourth-order valence-electron chi connectivity index (χ4n) is 7.38. The number of benzene rings is 2. The molecule has 2 unspecified atom stereocenters. The van der Waals surface area contributed by atoms with Crippen molar-refractivity contribution < 1.29 is 9.59 Å². The van der Waals surface area contributed by atoms with E-state index >= 15 is 0 Å². The molecule has 6 heteroatoms. The Bertz CT molecular complexity index is 1470. The van der Waals surface area contributed by atoms with Crippen molar-refractivity contribution in [1.29, 1.82) is 11.1 Å². The Labute approximate surface area is 266 Å². The minimum Gasteiger partial charge on any atom is -0.294 e. The number of nitrogens with one attached hydrogen (secondary N) is 2. The van der Waals surface area contributed by atoms with Crippen molar-refractivity contribution in [3.8, 4) is 0 Å². The lowest BCUT2D eigenvalue weighted by Crippen LogP contribution is -2.23. The van der Waals surface area contributed by atoms with Gasteiger partial charge in [0, 0.05) is 12.8 Å². The zero-order valence-corrected chi connectivity index (χ0v) is 26.4. The van der Waals surface area contributed by atoms with Gasteiger partial charge in [-0.3, -0.25) is 9.59 Å². The summed E-state index contributed by atoms with van der Waals surface area (Å²) in [5, 5.41) is 7.57. The normalized spacial score (nSPS) is 15.4. The molecule has 0 aromatic heterocycles. The summed E-state index contributed by atoms with van der Waals surface area (Å²) in [7, 11) is 0. The molecule has 0 saturated heterocycles. The highest BCUT2D eigenvalue weighted by atomic mass is 16.1. The molecule has 2 aliphatic carbocycles. The summed E-state index contributed by atoms with van der Waals surface area (Å²) in [5.41, 5.74) is 33.0. The molecule has 240 valence electrons. The maximum absolute atomic E-state index is 13.0. The van der Waals surface area contributed by atoms with Crippen LogP contribution in [0.15, 0.2) is 21.4 Å². The second-order valence-corrected chi connectivity index (χ2v) is 12.2. The lowest BCUT2D eigenvalue weighted by Gasteiger charge is -2.30. The van der Waals surface area contributed by atoms with Crippen molar-refractivity contribution in [3.05, 3.63) is 77.9 Å². The SMILES string of the molecule is C.C.C.CC1=C(C(C)N=N)c2c(C)c(C)c(CCCc3c(C)c(C)c4c(c3C)CC(=O)C(C)=C4C(C)N=N)c(C)c2CC1=O. The number of rotatable bonds is 8. The molecule has 2 aromatic carbocycles. The molecule has 0 radical (unpaired) electrons. The molecule has 2 aliphatic rings. The van der Waals surface area contributed by atoms with Crippen molar-refractivity contribution in [2.75, 3.05) is 0 Å². The molecule has 0 amide bonds. The summed E-state index contributed by atoms with van der Waals surface area (Å²) in [6.45, 7) is 20.5. The van der Waals surface area contributed by atoms with Crippen LogP contribution in [0.5, 0.6) is 0 Å². The second kappa shape index (κ2) is 14.5. The summed E-state index contributed by atoms with van der Waals surface area (Å²) in [6.07, 6.45) is 3.59. The maximum Gasteiger partial charge on any atom is 0.163 e. The van der Waals surface area contributed by atoms with Gasteiger partial charge in [0.15, 0.2) is 11.6 Å². The van der Waals surface area contributed by atoms with E-state index < -0.39 is 0 Å². The van der Waals surface area contributed by atoms with E-state index in [1.54, 1.807) is 0 Å². The molecule has 0 heterocycles. The Kier molecular flexibility index (Phi) is 12.7. The van der Waals surface area contributed by atoms with Gasteiger partial charge in [0.25, 0.3) is 0 Å². The van der Waals surface area contributed by atoms with Crippen molar-refractivity contribution in [1.82, 2.24) is 0 Å². The lowest BCUT2D eigenvalue weighted by atomic mass is 9.74. The van der Waals surface area contributed by atoms with Gasteiger partial charge in [-0.2, -0.15) is 10.2 Å².